The minimum absolute atomic E-state index is 0.248. The molecule has 1 amide bonds. The first kappa shape index (κ1) is 12.6. The van der Waals surface area contributed by atoms with E-state index >= 15 is 0 Å². The first-order valence-corrected chi connectivity index (χ1v) is 6.40. The van der Waals surface area contributed by atoms with Crippen molar-refractivity contribution in [1.82, 2.24) is 4.98 Å². The highest BCUT2D eigenvalue weighted by molar-refractivity contribution is 6.53. The highest BCUT2D eigenvalue weighted by atomic mass is 35.5. The number of aromatic amines is 1. The third kappa shape index (κ3) is 1.93. The first-order valence-electron chi connectivity index (χ1n) is 5.64. The number of fused-ring (bicyclic) bond motifs is 1. The predicted molar refractivity (Wildman–Crippen MR) is 72.6 cm³/mol. The van der Waals surface area contributed by atoms with E-state index in [1.807, 2.05) is 0 Å². The number of alkyl halides is 2. The molecule has 0 saturated heterocycles. The van der Waals surface area contributed by atoms with Gasteiger partial charge in [-0.15, -0.1) is 23.2 Å². The number of halogens is 2. The van der Waals surface area contributed by atoms with E-state index < -0.39 is 15.5 Å². The maximum absolute atomic E-state index is 12.1. The Morgan fingerprint density at radius 1 is 1.47 bits per heavy atom. The van der Waals surface area contributed by atoms with Crippen LogP contribution >= 0.6 is 23.2 Å². The fourth-order valence-electron chi connectivity index (χ4n) is 1.95. The smallest absolute Gasteiger partial charge is 0.408 e. The average Bonchev–Trinajstić information content (AvgIpc) is 2.66. The van der Waals surface area contributed by atoms with Gasteiger partial charge in [0, 0.05) is 5.69 Å². The number of nitrogens with one attached hydrogen (secondary N) is 2. The number of amides is 1. The standard InChI is InChI=1S/C12H10Cl2N2O3/c1-11(5-12(11,13)14)9(17)15-6-2-3-8-7(4-6)16-10(18)19-8/h2-4H,5H2,1H3,(H,15,17)(H,16,18). The number of hydrogen-bond donors (Lipinski definition) is 2. The lowest BCUT2D eigenvalue weighted by Crippen LogP contribution is -2.25. The number of carbonyl (C=O) groups excluding carboxylic acids is 1. The Hall–Kier alpha value is -1.46. The molecule has 1 atom stereocenters. The van der Waals surface area contributed by atoms with Gasteiger partial charge in [0.25, 0.3) is 0 Å². The molecule has 2 aromatic rings. The van der Waals surface area contributed by atoms with Gasteiger partial charge in [-0.3, -0.25) is 9.78 Å². The van der Waals surface area contributed by atoms with Crippen molar-refractivity contribution in [2.45, 2.75) is 17.7 Å². The third-order valence-electron chi connectivity index (χ3n) is 3.44. The zero-order valence-electron chi connectivity index (χ0n) is 9.92. The summed E-state index contributed by atoms with van der Waals surface area (Å²) < 4.78 is 3.87. The molecule has 2 N–H and O–H groups in total. The van der Waals surface area contributed by atoms with Gasteiger partial charge < -0.3 is 9.73 Å². The fraction of sp³-hybridized carbons (Fsp3) is 0.333. The van der Waals surface area contributed by atoms with Gasteiger partial charge in [-0.25, -0.2) is 4.79 Å². The molecule has 0 bridgehead atoms. The SMILES string of the molecule is CC1(C(=O)Nc2ccc3oc(=O)[nH]c3c2)CC1(Cl)Cl. The van der Waals surface area contributed by atoms with E-state index in [4.69, 9.17) is 27.6 Å². The molecule has 1 heterocycles. The molecule has 1 aliphatic carbocycles. The van der Waals surface area contributed by atoms with Crippen molar-refractivity contribution in [2.24, 2.45) is 5.41 Å². The van der Waals surface area contributed by atoms with E-state index in [0.717, 1.165) is 0 Å². The molecule has 7 heteroatoms. The second-order valence-electron chi connectivity index (χ2n) is 4.89. The van der Waals surface area contributed by atoms with E-state index in [0.29, 0.717) is 23.2 Å². The molecule has 0 spiro atoms. The lowest BCUT2D eigenvalue weighted by molar-refractivity contribution is -0.120. The van der Waals surface area contributed by atoms with Crippen LogP contribution in [0.4, 0.5) is 5.69 Å². The van der Waals surface area contributed by atoms with Crippen LogP contribution in [-0.4, -0.2) is 15.2 Å². The summed E-state index contributed by atoms with van der Waals surface area (Å²) in [5, 5.41) is 2.73. The molecule has 100 valence electrons. The normalized spacial score (nSPS) is 24.4. The zero-order chi connectivity index (χ0) is 13.8. The number of carbonyl (C=O) groups is 1. The van der Waals surface area contributed by atoms with Crippen LogP contribution in [0.2, 0.25) is 0 Å². The van der Waals surface area contributed by atoms with Gasteiger partial charge in [0.2, 0.25) is 5.91 Å². The number of aromatic nitrogens is 1. The number of anilines is 1. The molecule has 0 radical (unpaired) electrons. The van der Waals surface area contributed by atoms with Crippen molar-refractivity contribution in [3.8, 4) is 0 Å². The van der Waals surface area contributed by atoms with Crippen molar-refractivity contribution in [2.75, 3.05) is 5.32 Å². The molecule has 1 fully saturated rings. The van der Waals surface area contributed by atoms with E-state index in [9.17, 15) is 9.59 Å². The minimum atomic E-state index is -1.01. The quantitative estimate of drug-likeness (QED) is 0.837. The molecule has 5 nitrogen and oxygen atoms in total. The van der Waals surface area contributed by atoms with Crippen molar-refractivity contribution in [3.05, 3.63) is 28.7 Å². The molecular weight excluding hydrogens is 291 g/mol. The van der Waals surface area contributed by atoms with Crippen LogP contribution in [0.1, 0.15) is 13.3 Å². The van der Waals surface area contributed by atoms with Crippen LogP contribution in [0.3, 0.4) is 0 Å². The summed E-state index contributed by atoms with van der Waals surface area (Å²) in [6.45, 7) is 1.71. The molecule has 1 aromatic heterocycles. The summed E-state index contributed by atoms with van der Waals surface area (Å²) in [6, 6.07) is 4.87. The van der Waals surface area contributed by atoms with Gasteiger partial charge in [0.05, 0.1) is 10.9 Å². The molecule has 19 heavy (non-hydrogen) atoms. The second-order valence-corrected chi connectivity index (χ2v) is 6.38. The summed E-state index contributed by atoms with van der Waals surface area (Å²) in [5.41, 5.74) is 0.720. The maximum atomic E-state index is 12.1. The van der Waals surface area contributed by atoms with E-state index in [1.54, 1.807) is 25.1 Å². The van der Waals surface area contributed by atoms with Gasteiger partial charge in [-0.05, 0) is 31.5 Å². The number of H-pyrrole nitrogens is 1. The molecule has 0 aliphatic heterocycles. The molecular formula is C12H10Cl2N2O3. The number of oxazole rings is 1. The van der Waals surface area contributed by atoms with Crippen molar-refractivity contribution < 1.29 is 9.21 Å². The number of hydrogen-bond acceptors (Lipinski definition) is 3. The molecule has 1 saturated carbocycles. The van der Waals surface area contributed by atoms with Crippen LogP contribution in [0.15, 0.2) is 27.4 Å². The van der Waals surface area contributed by atoms with Gasteiger partial charge in [0.1, 0.15) is 4.33 Å². The summed E-state index contributed by atoms with van der Waals surface area (Å²) in [6.07, 6.45) is 0.416. The highest BCUT2D eigenvalue weighted by Gasteiger charge is 2.67. The summed E-state index contributed by atoms with van der Waals surface area (Å²) in [5.74, 6) is -0.782. The van der Waals surface area contributed by atoms with Crippen molar-refractivity contribution in [1.29, 1.82) is 0 Å². The average molecular weight is 301 g/mol. The number of rotatable bonds is 2. The van der Waals surface area contributed by atoms with E-state index in [2.05, 4.69) is 10.3 Å². The Morgan fingerprint density at radius 2 is 2.16 bits per heavy atom. The Labute approximate surface area is 117 Å². The molecule has 3 rings (SSSR count). The van der Waals surface area contributed by atoms with Crippen LogP contribution in [0.25, 0.3) is 11.1 Å². The van der Waals surface area contributed by atoms with E-state index in [-0.39, 0.29) is 5.91 Å². The van der Waals surface area contributed by atoms with Crippen LogP contribution in [-0.2, 0) is 4.79 Å². The molecule has 1 aromatic carbocycles. The van der Waals surface area contributed by atoms with Crippen LogP contribution in [0, 0.1) is 5.41 Å². The van der Waals surface area contributed by atoms with Crippen LogP contribution in [0.5, 0.6) is 0 Å². The third-order valence-corrected chi connectivity index (χ3v) is 4.54. The molecule has 1 aliphatic rings. The van der Waals surface area contributed by atoms with Gasteiger partial charge in [0.15, 0.2) is 5.58 Å². The number of benzene rings is 1. The predicted octanol–water partition coefficient (Wildman–Crippen LogP) is 2.64. The van der Waals surface area contributed by atoms with Crippen LogP contribution < -0.4 is 11.1 Å². The van der Waals surface area contributed by atoms with Gasteiger partial charge in [-0.2, -0.15) is 0 Å². The monoisotopic (exact) mass is 300 g/mol. The summed E-state index contributed by atoms with van der Waals surface area (Å²) in [7, 11) is 0. The van der Waals surface area contributed by atoms with E-state index in [1.165, 1.54) is 0 Å². The zero-order valence-corrected chi connectivity index (χ0v) is 11.4. The fourth-order valence-corrected chi connectivity index (χ4v) is 2.65. The Balaban J connectivity index is 1.86. The topological polar surface area (TPSA) is 75.1 Å². The first-order chi connectivity index (χ1) is 8.82. The highest BCUT2D eigenvalue weighted by Crippen LogP contribution is 2.64. The molecule has 1 unspecified atom stereocenters. The van der Waals surface area contributed by atoms with Gasteiger partial charge >= 0.3 is 5.76 Å². The minimum Gasteiger partial charge on any atom is -0.408 e. The van der Waals surface area contributed by atoms with Crippen molar-refractivity contribution in [3.63, 3.8) is 0 Å². The Kier molecular flexibility index (Phi) is 2.50. The maximum Gasteiger partial charge on any atom is 0.417 e. The summed E-state index contributed by atoms with van der Waals surface area (Å²) >= 11 is 11.9. The van der Waals surface area contributed by atoms with Crippen molar-refractivity contribution >= 4 is 45.9 Å². The Bertz CT molecular complexity index is 734. The Morgan fingerprint density at radius 3 is 2.79 bits per heavy atom. The largest absolute Gasteiger partial charge is 0.417 e. The lowest BCUT2D eigenvalue weighted by atomic mass is 10.1. The lowest BCUT2D eigenvalue weighted by Gasteiger charge is -2.12. The summed E-state index contributed by atoms with van der Waals surface area (Å²) in [4.78, 5) is 25.6. The van der Waals surface area contributed by atoms with Gasteiger partial charge in [-0.1, -0.05) is 0 Å². The second kappa shape index (κ2) is 3.77.